The summed E-state index contributed by atoms with van der Waals surface area (Å²) in [6, 6.07) is 6.74. The van der Waals surface area contributed by atoms with E-state index >= 15 is 0 Å². The second kappa shape index (κ2) is 6.51. The Balaban J connectivity index is 1.68. The zero-order valence-corrected chi connectivity index (χ0v) is 14.3. The van der Waals surface area contributed by atoms with Crippen molar-refractivity contribution in [3.63, 3.8) is 0 Å². The topological polar surface area (TPSA) is 64.4 Å². The van der Waals surface area contributed by atoms with Crippen LogP contribution in [0, 0.1) is 5.92 Å². The Morgan fingerprint density at radius 1 is 1.35 bits per heavy atom. The Kier molecular flexibility index (Phi) is 4.61. The van der Waals surface area contributed by atoms with Gasteiger partial charge in [0.15, 0.2) is 0 Å². The third-order valence-electron chi connectivity index (χ3n) is 3.74. The number of sulfonamides is 1. The van der Waals surface area contributed by atoms with Crippen LogP contribution in [0.4, 0.5) is 0 Å². The molecule has 2 heterocycles. The van der Waals surface area contributed by atoms with Crippen molar-refractivity contribution in [1.29, 1.82) is 0 Å². The molecule has 1 aliphatic heterocycles. The molecule has 6 nitrogen and oxygen atoms in total. The molecular weight excluding hydrogens is 338 g/mol. The van der Waals surface area contributed by atoms with E-state index < -0.39 is 10.0 Å². The first-order valence-electron chi connectivity index (χ1n) is 7.40. The first-order valence-corrected chi connectivity index (χ1v) is 9.22. The molecule has 0 unspecified atom stereocenters. The molecule has 1 aliphatic rings. The van der Waals surface area contributed by atoms with E-state index in [2.05, 4.69) is 5.10 Å². The fraction of sp³-hybridized carbons (Fsp3) is 0.400. The van der Waals surface area contributed by atoms with Crippen molar-refractivity contribution in [3.05, 3.63) is 41.7 Å². The minimum absolute atomic E-state index is 0.224. The quantitative estimate of drug-likeness (QED) is 0.797. The summed E-state index contributed by atoms with van der Waals surface area (Å²) in [4.78, 5) is 0.224. The van der Waals surface area contributed by atoms with Gasteiger partial charge in [0.2, 0.25) is 10.0 Å². The molecule has 1 aromatic carbocycles. The van der Waals surface area contributed by atoms with E-state index in [0.717, 1.165) is 0 Å². The van der Waals surface area contributed by atoms with Crippen LogP contribution >= 0.6 is 11.6 Å². The summed E-state index contributed by atoms with van der Waals surface area (Å²) in [6.45, 7) is 3.86. The number of aromatic nitrogens is 2. The maximum atomic E-state index is 12.7. The molecule has 1 aromatic heterocycles. The van der Waals surface area contributed by atoms with Gasteiger partial charge in [0.25, 0.3) is 0 Å². The molecule has 1 saturated heterocycles. The van der Waals surface area contributed by atoms with Gasteiger partial charge < -0.3 is 4.74 Å². The molecule has 0 atom stereocenters. The average molecular weight is 356 g/mol. The number of ether oxygens (including phenoxy) is 1. The van der Waals surface area contributed by atoms with E-state index in [9.17, 15) is 8.42 Å². The van der Waals surface area contributed by atoms with Crippen LogP contribution in [-0.2, 0) is 16.6 Å². The zero-order chi connectivity index (χ0) is 16.4. The Labute approximate surface area is 140 Å². The minimum atomic E-state index is -3.52. The van der Waals surface area contributed by atoms with Crippen molar-refractivity contribution in [3.8, 4) is 5.75 Å². The van der Waals surface area contributed by atoms with Crippen molar-refractivity contribution >= 4 is 21.6 Å². The molecule has 0 saturated carbocycles. The molecular formula is C15H18ClN3O3S. The van der Waals surface area contributed by atoms with Crippen LogP contribution in [-0.4, -0.2) is 42.2 Å². The van der Waals surface area contributed by atoms with Gasteiger partial charge in [-0.2, -0.15) is 9.40 Å². The fourth-order valence-corrected chi connectivity index (χ4v) is 4.49. The van der Waals surface area contributed by atoms with Crippen molar-refractivity contribution in [1.82, 2.24) is 14.1 Å². The predicted octanol–water partition coefficient (Wildman–Crippen LogP) is 2.26. The number of halogens is 1. The SMILES string of the molecule is CCOc1ccccc1S(=O)(=O)N1CC(Cn2cc(Cl)cn2)C1. The lowest BCUT2D eigenvalue weighted by Crippen LogP contribution is -2.51. The van der Waals surface area contributed by atoms with Gasteiger partial charge in [0.05, 0.1) is 17.8 Å². The normalized spacial score (nSPS) is 16.3. The monoisotopic (exact) mass is 355 g/mol. The van der Waals surface area contributed by atoms with E-state index in [1.807, 2.05) is 6.92 Å². The van der Waals surface area contributed by atoms with E-state index in [-0.39, 0.29) is 10.8 Å². The van der Waals surface area contributed by atoms with Crippen molar-refractivity contribution < 1.29 is 13.2 Å². The highest BCUT2D eigenvalue weighted by molar-refractivity contribution is 7.89. The largest absolute Gasteiger partial charge is 0.492 e. The highest BCUT2D eigenvalue weighted by atomic mass is 35.5. The van der Waals surface area contributed by atoms with Gasteiger partial charge in [-0.05, 0) is 19.1 Å². The van der Waals surface area contributed by atoms with Crippen molar-refractivity contribution in [2.45, 2.75) is 18.4 Å². The Bertz CT molecular complexity index is 785. The summed E-state index contributed by atoms with van der Waals surface area (Å²) < 4.78 is 34.1. The number of nitrogens with zero attached hydrogens (tertiary/aromatic N) is 3. The second-order valence-corrected chi connectivity index (χ2v) is 7.79. The molecule has 3 rings (SSSR count). The maximum Gasteiger partial charge on any atom is 0.246 e. The number of benzene rings is 1. The smallest absolute Gasteiger partial charge is 0.246 e. The van der Waals surface area contributed by atoms with Gasteiger partial charge in [-0.15, -0.1) is 0 Å². The molecule has 0 N–H and O–H groups in total. The van der Waals surface area contributed by atoms with Gasteiger partial charge in [-0.25, -0.2) is 8.42 Å². The van der Waals surface area contributed by atoms with Crippen LogP contribution in [0.25, 0.3) is 0 Å². The van der Waals surface area contributed by atoms with E-state index in [1.165, 1.54) is 4.31 Å². The predicted molar refractivity (Wildman–Crippen MR) is 87.1 cm³/mol. The van der Waals surface area contributed by atoms with Crippen LogP contribution < -0.4 is 4.74 Å². The van der Waals surface area contributed by atoms with Gasteiger partial charge in [0.1, 0.15) is 10.6 Å². The molecule has 2 aromatic rings. The first kappa shape index (κ1) is 16.3. The Morgan fingerprint density at radius 2 is 2.09 bits per heavy atom. The van der Waals surface area contributed by atoms with Crippen LogP contribution in [0.3, 0.4) is 0 Å². The summed E-state index contributed by atoms with van der Waals surface area (Å²) >= 11 is 5.83. The maximum absolute atomic E-state index is 12.7. The molecule has 23 heavy (non-hydrogen) atoms. The van der Waals surface area contributed by atoms with Crippen LogP contribution in [0.15, 0.2) is 41.6 Å². The summed E-state index contributed by atoms with van der Waals surface area (Å²) in [5.41, 5.74) is 0. The number of rotatable bonds is 6. The van der Waals surface area contributed by atoms with Gasteiger partial charge in [-0.1, -0.05) is 23.7 Å². The number of hydrogen-bond donors (Lipinski definition) is 0. The fourth-order valence-electron chi connectivity index (χ4n) is 2.61. The Morgan fingerprint density at radius 3 is 2.74 bits per heavy atom. The number of para-hydroxylation sites is 1. The number of hydrogen-bond acceptors (Lipinski definition) is 4. The minimum Gasteiger partial charge on any atom is -0.492 e. The van der Waals surface area contributed by atoms with Crippen LogP contribution in [0.2, 0.25) is 5.02 Å². The zero-order valence-electron chi connectivity index (χ0n) is 12.7. The lowest BCUT2D eigenvalue weighted by molar-refractivity contribution is 0.174. The van der Waals surface area contributed by atoms with Gasteiger partial charge in [0, 0.05) is 31.7 Å². The average Bonchev–Trinajstić information content (AvgIpc) is 2.88. The lowest BCUT2D eigenvalue weighted by Gasteiger charge is -2.38. The summed E-state index contributed by atoms with van der Waals surface area (Å²) in [6.07, 6.45) is 3.32. The molecule has 0 amide bonds. The molecule has 0 radical (unpaired) electrons. The molecule has 124 valence electrons. The molecule has 0 aliphatic carbocycles. The van der Waals surface area contributed by atoms with Crippen LogP contribution in [0.1, 0.15) is 6.92 Å². The molecule has 0 bridgehead atoms. The van der Waals surface area contributed by atoms with Crippen LogP contribution in [0.5, 0.6) is 5.75 Å². The summed E-state index contributed by atoms with van der Waals surface area (Å²) in [5, 5.41) is 4.70. The van der Waals surface area contributed by atoms with Crippen molar-refractivity contribution in [2.75, 3.05) is 19.7 Å². The van der Waals surface area contributed by atoms with E-state index in [0.29, 0.717) is 37.0 Å². The summed E-state index contributed by atoms with van der Waals surface area (Å²) in [7, 11) is -3.52. The Hall–Kier alpha value is -1.57. The van der Waals surface area contributed by atoms with Gasteiger partial charge >= 0.3 is 0 Å². The van der Waals surface area contributed by atoms with Crippen molar-refractivity contribution in [2.24, 2.45) is 5.92 Å². The third kappa shape index (κ3) is 3.36. The highest BCUT2D eigenvalue weighted by Gasteiger charge is 2.38. The first-order chi connectivity index (χ1) is 11.0. The molecule has 8 heteroatoms. The third-order valence-corrected chi connectivity index (χ3v) is 5.80. The van der Waals surface area contributed by atoms with E-state index in [1.54, 1.807) is 41.3 Å². The lowest BCUT2D eigenvalue weighted by atomic mass is 10.0. The molecule has 1 fully saturated rings. The molecule has 0 spiro atoms. The standard InChI is InChI=1S/C15H18ClN3O3S/c1-2-22-14-5-3-4-6-15(14)23(20,21)19-9-12(10-19)8-18-11-13(16)7-17-18/h3-7,11-12H,2,8-10H2,1H3. The van der Waals surface area contributed by atoms with E-state index in [4.69, 9.17) is 16.3 Å². The summed E-state index contributed by atoms with van der Waals surface area (Å²) in [5.74, 6) is 0.636. The van der Waals surface area contributed by atoms with Gasteiger partial charge in [-0.3, -0.25) is 4.68 Å². The highest BCUT2D eigenvalue weighted by Crippen LogP contribution is 2.31. The second-order valence-electron chi connectivity index (χ2n) is 5.45.